The Morgan fingerprint density at radius 1 is 0.872 bits per heavy atom. The molecular weight excluding hydrogens is 557 g/mol. The fourth-order valence-corrected chi connectivity index (χ4v) is 5.48. The summed E-state index contributed by atoms with van der Waals surface area (Å²) < 4.78 is 28.6. The largest absolute Gasteiger partial charge is 0.350 e. The normalized spacial score (nSPS) is 12.5. The van der Waals surface area contributed by atoms with Crippen LogP contribution in [0.3, 0.4) is 0 Å². The van der Waals surface area contributed by atoms with Gasteiger partial charge in [0, 0.05) is 22.1 Å². The van der Waals surface area contributed by atoms with Gasteiger partial charge in [-0.25, -0.2) is 8.42 Å². The summed E-state index contributed by atoms with van der Waals surface area (Å²) in [4.78, 5) is 28.4. The third-order valence-electron chi connectivity index (χ3n) is 5.93. The van der Waals surface area contributed by atoms with Crippen molar-refractivity contribution in [1.82, 2.24) is 10.2 Å². The highest BCUT2D eigenvalue weighted by molar-refractivity contribution is 7.92. The number of hydrogen-bond donors (Lipinski definition) is 1. The third kappa shape index (κ3) is 8.21. The fraction of sp³-hybridized carbons (Fsp3) is 0.310. The number of nitrogens with zero attached hydrogens (tertiary/aromatic N) is 2. The second-order valence-electron chi connectivity index (χ2n) is 10.4. The highest BCUT2D eigenvalue weighted by atomic mass is 35.5. The van der Waals surface area contributed by atoms with Crippen molar-refractivity contribution in [3.63, 3.8) is 0 Å². The zero-order valence-corrected chi connectivity index (χ0v) is 24.9. The van der Waals surface area contributed by atoms with Gasteiger partial charge in [0.1, 0.15) is 12.6 Å². The highest BCUT2D eigenvalue weighted by Crippen LogP contribution is 2.26. The second kappa shape index (κ2) is 12.4. The van der Waals surface area contributed by atoms with E-state index in [0.717, 1.165) is 15.4 Å². The summed E-state index contributed by atoms with van der Waals surface area (Å²) in [6.07, 6.45) is 0. The zero-order chi connectivity index (χ0) is 29.0. The number of carbonyl (C=O) groups is 2. The number of aryl methyl sites for hydroxylation is 1. The van der Waals surface area contributed by atoms with Crippen LogP contribution in [0.1, 0.15) is 38.8 Å². The molecule has 3 aromatic rings. The summed E-state index contributed by atoms with van der Waals surface area (Å²) in [6.45, 7) is 8.57. The zero-order valence-electron chi connectivity index (χ0n) is 22.6. The van der Waals surface area contributed by atoms with E-state index >= 15 is 0 Å². The van der Waals surface area contributed by atoms with Gasteiger partial charge in [-0.2, -0.15) is 0 Å². The van der Waals surface area contributed by atoms with Crippen LogP contribution in [0, 0.1) is 6.92 Å². The van der Waals surface area contributed by atoms with Gasteiger partial charge in [-0.05, 0) is 88.7 Å². The molecule has 0 aromatic heterocycles. The average molecular weight is 591 g/mol. The van der Waals surface area contributed by atoms with Gasteiger partial charge in [0.2, 0.25) is 11.8 Å². The number of amides is 2. The highest BCUT2D eigenvalue weighted by Gasteiger charge is 2.33. The molecule has 10 heteroatoms. The molecule has 1 N–H and O–H groups in total. The Hall–Kier alpha value is -3.07. The number of hydrogen-bond acceptors (Lipinski definition) is 4. The first kappa shape index (κ1) is 30.5. The van der Waals surface area contributed by atoms with Crippen molar-refractivity contribution in [3.05, 3.63) is 94.0 Å². The number of sulfonamides is 1. The minimum atomic E-state index is -4.14. The third-order valence-corrected chi connectivity index (χ3v) is 8.23. The molecule has 0 aliphatic heterocycles. The van der Waals surface area contributed by atoms with E-state index in [4.69, 9.17) is 23.2 Å². The van der Waals surface area contributed by atoms with Gasteiger partial charge >= 0.3 is 0 Å². The first-order chi connectivity index (χ1) is 18.2. The van der Waals surface area contributed by atoms with Crippen LogP contribution in [-0.4, -0.2) is 43.3 Å². The van der Waals surface area contributed by atoms with E-state index in [0.29, 0.717) is 10.0 Å². The maximum atomic E-state index is 13.9. The van der Waals surface area contributed by atoms with Crippen molar-refractivity contribution >= 4 is 50.7 Å². The Kier molecular flexibility index (Phi) is 9.69. The van der Waals surface area contributed by atoms with Crippen molar-refractivity contribution in [1.29, 1.82) is 0 Å². The first-order valence-electron chi connectivity index (χ1n) is 12.4. The first-order valence-corrected chi connectivity index (χ1v) is 14.6. The summed E-state index contributed by atoms with van der Waals surface area (Å²) in [5, 5.41) is 3.86. The lowest BCUT2D eigenvalue weighted by atomic mass is 10.1. The molecule has 3 rings (SSSR count). The van der Waals surface area contributed by atoms with E-state index in [1.54, 1.807) is 67.6 Å². The monoisotopic (exact) mass is 589 g/mol. The molecule has 0 heterocycles. The van der Waals surface area contributed by atoms with E-state index in [2.05, 4.69) is 5.32 Å². The van der Waals surface area contributed by atoms with Crippen LogP contribution in [0.25, 0.3) is 0 Å². The Morgan fingerprint density at radius 3 is 1.90 bits per heavy atom. The molecule has 39 heavy (non-hydrogen) atoms. The van der Waals surface area contributed by atoms with Gasteiger partial charge in [-0.15, -0.1) is 0 Å². The number of carbonyl (C=O) groups excluding carboxylic acids is 2. The molecule has 0 unspecified atom stereocenters. The lowest BCUT2D eigenvalue weighted by Gasteiger charge is -2.33. The van der Waals surface area contributed by atoms with Crippen molar-refractivity contribution in [3.8, 4) is 0 Å². The molecule has 3 aromatic carbocycles. The predicted molar refractivity (Wildman–Crippen MR) is 157 cm³/mol. The maximum Gasteiger partial charge on any atom is 0.264 e. The molecule has 0 aliphatic rings. The number of rotatable bonds is 9. The summed E-state index contributed by atoms with van der Waals surface area (Å²) in [7, 11) is -4.14. The van der Waals surface area contributed by atoms with Crippen LogP contribution in [0.2, 0.25) is 10.0 Å². The van der Waals surface area contributed by atoms with E-state index in [9.17, 15) is 18.0 Å². The van der Waals surface area contributed by atoms with Crippen LogP contribution >= 0.6 is 23.2 Å². The Morgan fingerprint density at radius 2 is 1.38 bits per heavy atom. The van der Waals surface area contributed by atoms with E-state index < -0.39 is 34.1 Å². The van der Waals surface area contributed by atoms with Crippen molar-refractivity contribution < 1.29 is 18.0 Å². The predicted octanol–water partition coefficient (Wildman–Crippen LogP) is 5.83. The van der Waals surface area contributed by atoms with Crippen LogP contribution < -0.4 is 9.62 Å². The number of anilines is 1. The number of benzene rings is 3. The topological polar surface area (TPSA) is 86.8 Å². The lowest BCUT2D eigenvalue weighted by molar-refractivity contribution is -0.140. The molecule has 0 radical (unpaired) electrons. The molecule has 0 spiro atoms. The summed E-state index contributed by atoms with van der Waals surface area (Å²) >= 11 is 12.1. The van der Waals surface area contributed by atoms with Gasteiger partial charge in [0.15, 0.2) is 0 Å². The summed E-state index contributed by atoms with van der Waals surface area (Å²) in [5.74, 6) is -0.906. The van der Waals surface area contributed by atoms with Gasteiger partial charge < -0.3 is 10.2 Å². The van der Waals surface area contributed by atoms with Crippen LogP contribution in [0.5, 0.6) is 0 Å². The number of nitrogens with one attached hydrogen (secondary N) is 1. The molecule has 0 fully saturated rings. The lowest BCUT2D eigenvalue weighted by Crippen LogP contribution is -2.54. The molecule has 208 valence electrons. The van der Waals surface area contributed by atoms with Crippen LogP contribution in [0.15, 0.2) is 77.7 Å². The Labute approximate surface area is 240 Å². The molecule has 0 saturated carbocycles. The molecule has 7 nitrogen and oxygen atoms in total. The summed E-state index contributed by atoms with van der Waals surface area (Å²) in [6, 6.07) is 18.6. The van der Waals surface area contributed by atoms with E-state index in [-0.39, 0.29) is 23.0 Å². The van der Waals surface area contributed by atoms with Gasteiger partial charge in [-0.1, -0.05) is 53.0 Å². The van der Waals surface area contributed by atoms with Gasteiger partial charge in [0.25, 0.3) is 10.0 Å². The van der Waals surface area contributed by atoms with Crippen LogP contribution in [0.4, 0.5) is 5.69 Å². The Bertz CT molecular complexity index is 1400. The fourth-order valence-electron chi connectivity index (χ4n) is 3.82. The quantitative estimate of drug-likeness (QED) is 0.340. The van der Waals surface area contributed by atoms with Crippen molar-refractivity contribution in [2.24, 2.45) is 0 Å². The van der Waals surface area contributed by atoms with Crippen molar-refractivity contribution in [2.75, 3.05) is 10.8 Å². The van der Waals surface area contributed by atoms with Crippen LogP contribution in [-0.2, 0) is 26.2 Å². The minimum absolute atomic E-state index is 0.0404. The van der Waals surface area contributed by atoms with Gasteiger partial charge in [-0.3, -0.25) is 13.9 Å². The second-order valence-corrected chi connectivity index (χ2v) is 13.1. The molecule has 0 saturated heterocycles. The number of halogens is 2. The molecular formula is C29H33Cl2N3O4S. The minimum Gasteiger partial charge on any atom is -0.350 e. The SMILES string of the molecule is Cc1ccc(S(=O)(=O)N(CC(=O)N(Cc2ccc(Cl)cc2)[C@@H](C)C(=O)NC(C)(C)C)c2ccc(Cl)cc2)cc1. The Balaban J connectivity index is 2.02. The average Bonchev–Trinajstić information content (AvgIpc) is 2.86. The molecule has 1 atom stereocenters. The molecule has 0 aliphatic carbocycles. The van der Waals surface area contributed by atoms with Gasteiger partial charge in [0.05, 0.1) is 10.6 Å². The molecule has 2 amide bonds. The maximum absolute atomic E-state index is 13.9. The smallest absolute Gasteiger partial charge is 0.264 e. The van der Waals surface area contributed by atoms with Crippen molar-refractivity contribution in [2.45, 2.75) is 57.6 Å². The summed E-state index contributed by atoms with van der Waals surface area (Å²) in [5.41, 5.74) is 1.38. The molecule has 0 bridgehead atoms. The van der Waals surface area contributed by atoms with E-state index in [1.165, 1.54) is 17.0 Å². The standard InChI is InChI=1S/C29H33Cl2N3O4S/c1-20-6-16-26(17-7-20)39(37,38)34(25-14-12-24(31)13-15-25)19-27(35)33(18-22-8-10-23(30)11-9-22)21(2)28(36)32-29(3,4)5/h6-17,21H,18-19H2,1-5H3,(H,32,36)/t21-/m0/s1. The van der Waals surface area contributed by atoms with E-state index in [1.807, 2.05) is 27.7 Å².